The van der Waals surface area contributed by atoms with Crippen LogP contribution in [0.3, 0.4) is 0 Å². The van der Waals surface area contributed by atoms with Crippen molar-refractivity contribution in [2.75, 3.05) is 0 Å². The predicted octanol–water partition coefficient (Wildman–Crippen LogP) is 2.97. The minimum atomic E-state index is -1.48. The SMILES string of the molecule is C=C(F)CC1(O)CCc2c(O)c3c(c(O)c2C1)C(=O)c1ccccc1C3=O. The standard InChI is InChI=1S/C21H17FO5/c1-10(22)8-21(27)7-6-13-14(9-21)20(26)16-15(19(13)25)17(23)11-4-2-3-5-12(11)18(16)24/h2-5,25-27H,1,6-9H2. The summed E-state index contributed by atoms with van der Waals surface area (Å²) in [6.45, 7) is 3.17. The number of fused-ring (bicyclic) bond motifs is 3. The van der Waals surface area contributed by atoms with E-state index in [2.05, 4.69) is 6.58 Å². The van der Waals surface area contributed by atoms with E-state index >= 15 is 0 Å². The van der Waals surface area contributed by atoms with Gasteiger partial charge in [-0.25, -0.2) is 4.39 Å². The smallest absolute Gasteiger partial charge is 0.198 e. The van der Waals surface area contributed by atoms with Gasteiger partial charge in [-0.15, -0.1) is 0 Å². The molecule has 6 heteroatoms. The molecule has 0 bridgehead atoms. The Morgan fingerprint density at radius 3 is 2.07 bits per heavy atom. The van der Waals surface area contributed by atoms with Crippen LogP contribution >= 0.6 is 0 Å². The van der Waals surface area contributed by atoms with Crippen LogP contribution in [-0.2, 0) is 12.8 Å². The number of benzene rings is 2. The van der Waals surface area contributed by atoms with Crippen LogP contribution in [-0.4, -0.2) is 32.5 Å². The Morgan fingerprint density at radius 2 is 1.56 bits per heavy atom. The van der Waals surface area contributed by atoms with Gasteiger partial charge in [0.1, 0.15) is 11.5 Å². The molecule has 4 rings (SSSR count). The van der Waals surface area contributed by atoms with Crippen molar-refractivity contribution in [3.63, 3.8) is 0 Å². The first kappa shape index (κ1) is 17.4. The van der Waals surface area contributed by atoms with E-state index < -0.39 is 28.7 Å². The predicted molar refractivity (Wildman–Crippen MR) is 94.9 cm³/mol. The van der Waals surface area contributed by atoms with Crippen molar-refractivity contribution in [3.8, 4) is 11.5 Å². The van der Waals surface area contributed by atoms with Crippen LogP contribution in [0.4, 0.5) is 4.39 Å². The molecule has 0 heterocycles. The molecule has 0 saturated heterocycles. The highest BCUT2D eigenvalue weighted by atomic mass is 19.1. The molecule has 0 aromatic heterocycles. The summed E-state index contributed by atoms with van der Waals surface area (Å²) in [5, 5.41) is 32.1. The molecule has 2 aromatic rings. The minimum absolute atomic E-state index is 0.132. The summed E-state index contributed by atoms with van der Waals surface area (Å²) in [5.41, 5.74) is -1.16. The summed E-state index contributed by atoms with van der Waals surface area (Å²) in [6, 6.07) is 6.21. The number of phenolic OH excluding ortho intramolecular Hbond substituents is 2. The number of aromatic hydroxyl groups is 2. The Labute approximate surface area is 154 Å². The van der Waals surface area contributed by atoms with Crippen LogP contribution in [0.2, 0.25) is 0 Å². The number of phenols is 2. The van der Waals surface area contributed by atoms with E-state index in [1.165, 1.54) is 12.1 Å². The van der Waals surface area contributed by atoms with Crippen LogP contribution in [0.15, 0.2) is 36.7 Å². The number of aliphatic hydroxyl groups is 1. The number of hydrogen-bond acceptors (Lipinski definition) is 5. The first-order valence-electron chi connectivity index (χ1n) is 8.57. The van der Waals surface area contributed by atoms with E-state index in [0.29, 0.717) is 5.56 Å². The lowest BCUT2D eigenvalue weighted by Gasteiger charge is -2.35. The number of hydrogen-bond donors (Lipinski definition) is 3. The number of ketones is 2. The molecule has 27 heavy (non-hydrogen) atoms. The number of carbonyl (C=O) groups is 2. The molecule has 2 aliphatic rings. The summed E-state index contributed by atoms with van der Waals surface area (Å²) >= 11 is 0. The van der Waals surface area contributed by atoms with Crippen LogP contribution in [0.25, 0.3) is 0 Å². The average Bonchev–Trinajstić information content (AvgIpc) is 2.61. The zero-order valence-electron chi connectivity index (χ0n) is 14.4. The molecule has 0 saturated carbocycles. The van der Waals surface area contributed by atoms with Gasteiger partial charge in [-0.1, -0.05) is 30.8 Å². The molecular formula is C21H17FO5. The molecule has 138 valence electrons. The lowest BCUT2D eigenvalue weighted by Crippen LogP contribution is -2.36. The van der Waals surface area contributed by atoms with E-state index in [4.69, 9.17) is 0 Å². The summed E-state index contributed by atoms with van der Waals surface area (Å²) < 4.78 is 13.3. The second-order valence-electron chi connectivity index (χ2n) is 7.20. The molecule has 5 nitrogen and oxygen atoms in total. The van der Waals surface area contributed by atoms with Gasteiger partial charge in [0.05, 0.1) is 22.6 Å². The monoisotopic (exact) mass is 368 g/mol. The van der Waals surface area contributed by atoms with Crippen molar-refractivity contribution in [2.24, 2.45) is 0 Å². The molecule has 2 aromatic carbocycles. The third-order valence-electron chi connectivity index (χ3n) is 5.40. The van der Waals surface area contributed by atoms with Crippen LogP contribution < -0.4 is 0 Å². The summed E-state index contributed by atoms with van der Waals surface area (Å²) in [6.07, 6.45) is -0.192. The molecule has 1 atom stereocenters. The molecule has 3 N–H and O–H groups in total. The van der Waals surface area contributed by atoms with Gasteiger partial charge in [-0.2, -0.15) is 0 Å². The normalized spacial score (nSPS) is 20.7. The molecule has 0 amide bonds. The lowest BCUT2D eigenvalue weighted by atomic mass is 9.73. The maximum absolute atomic E-state index is 13.3. The van der Waals surface area contributed by atoms with Crippen molar-refractivity contribution in [1.29, 1.82) is 0 Å². The van der Waals surface area contributed by atoms with Crippen molar-refractivity contribution in [3.05, 3.63) is 70.1 Å². The fraction of sp³-hybridized carbons (Fsp3) is 0.238. The van der Waals surface area contributed by atoms with Crippen molar-refractivity contribution in [2.45, 2.75) is 31.3 Å². The molecule has 2 aliphatic carbocycles. The topological polar surface area (TPSA) is 94.8 Å². The van der Waals surface area contributed by atoms with E-state index in [1.807, 2.05) is 0 Å². The quantitative estimate of drug-likeness (QED) is 0.605. The van der Waals surface area contributed by atoms with Gasteiger partial charge in [-0.3, -0.25) is 9.59 Å². The highest BCUT2D eigenvalue weighted by molar-refractivity contribution is 6.30. The molecule has 0 spiro atoms. The highest BCUT2D eigenvalue weighted by Gasteiger charge is 2.42. The first-order chi connectivity index (χ1) is 12.7. The summed E-state index contributed by atoms with van der Waals surface area (Å²) in [5.74, 6) is -2.59. The van der Waals surface area contributed by atoms with E-state index in [1.54, 1.807) is 12.1 Å². The van der Waals surface area contributed by atoms with E-state index in [-0.39, 0.29) is 59.3 Å². The van der Waals surface area contributed by atoms with E-state index in [0.717, 1.165) is 0 Å². The maximum Gasteiger partial charge on any atom is 0.198 e. The second-order valence-corrected chi connectivity index (χ2v) is 7.20. The number of rotatable bonds is 2. The zero-order valence-corrected chi connectivity index (χ0v) is 14.4. The van der Waals surface area contributed by atoms with E-state index in [9.17, 15) is 29.3 Å². The van der Waals surface area contributed by atoms with Crippen molar-refractivity contribution < 1.29 is 29.3 Å². The van der Waals surface area contributed by atoms with Gasteiger partial charge >= 0.3 is 0 Å². The number of halogens is 1. The van der Waals surface area contributed by atoms with Gasteiger partial charge in [-0.05, 0) is 12.8 Å². The van der Waals surface area contributed by atoms with Gasteiger partial charge in [0.2, 0.25) is 0 Å². The summed E-state index contributed by atoms with van der Waals surface area (Å²) in [7, 11) is 0. The van der Waals surface area contributed by atoms with Crippen LogP contribution in [0, 0.1) is 0 Å². The Kier molecular flexibility index (Phi) is 3.71. The van der Waals surface area contributed by atoms with Crippen molar-refractivity contribution in [1.82, 2.24) is 0 Å². The third-order valence-corrected chi connectivity index (χ3v) is 5.40. The van der Waals surface area contributed by atoms with Gasteiger partial charge in [0.25, 0.3) is 0 Å². The van der Waals surface area contributed by atoms with Gasteiger partial charge in [0.15, 0.2) is 11.6 Å². The van der Waals surface area contributed by atoms with Crippen LogP contribution in [0.5, 0.6) is 11.5 Å². The van der Waals surface area contributed by atoms with Gasteiger partial charge in [0, 0.05) is 35.1 Å². The molecule has 0 aliphatic heterocycles. The molecule has 0 radical (unpaired) electrons. The number of carbonyl (C=O) groups excluding carboxylic acids is 2. The highest BCUT2D eigenvalue weighted by Crippen LogP contribution is 2.47. The van der Waals surface area contributed by atoms with Crippen LogP contribution in [0.1, 0.15) is 55.8 Å². The minimum Gasteiger partial charge on any atom is -0.507 e. The first-order valence-corrected chi connectivity index (χ1v) is 8.57. The molecular weight excluding hydrogens is 351 g/mol. The Hall–Kier alpha value is -2.99. The second kappa shape index (κ2) is 5.76. The van der Waals surface area contributed by atoms with Gasteiger partial charge < -0.3 is 15.3 Å². The largest absolute Gasteiger partial charge is 0.507 e. The fourth-order valence-electron chi connectivity index (χ4n) is 4.16. The maximum atomic E-state index is 13.3. The summed E-state index contributed by atoms with van der Waals surface area (Å²) in [4.78, 5) is 25.7. The van der Waals surface area contributed by atoms with Crippen molar-refractivity contribution >= 4 is 11.6 Å². The fourth-order valence-corrected chi connectivity index (χ4v) is 4.16. The average molecular weight is 368 g/mol. The molecule has 0 fully saturated rings. The Morgan fingerprint density at radius 1 is 1.04 bits per heavy atom. The Balaban J connectivity index is 1.93. The Bertz CT molecular complexity index is 1040. The molecule has 1 unspecified atom stereocenters. The lowest BCUT2D eigenvalue weighted by molar-refractivity contribution is 0.0212. The third kappa shape index (κ3) is 2.48. The zero-order chi connectivity index (χ0) is 19.5.